The largest absolute Gasteiger partial charge is 0.710 e. The predicted molar refractivity (Wildman–Crippen MR) is 77.0 cm³/mol. The van der Waals surface area contributed by atoms with Crippen molar-refractivity contribution in [2.75, 3.05) is 5.32 Å². The Morgan fingerprint density at radius 2 is 1.62 bits per heavy atom. The lowest BCUT2D eigenvalue weighted by molar-refractivity contribution is -0.618. The van der Waals surface area contributed by atoms with Crippen molar-refractivity contribution in [2.24, 2.45) is 0 Å². The van der Waals surface area contributed by atoms with E-state index in [1.165, 1.54) is 0 Å². The second-order valence-corrected chi connectivity index (χ2v) is 4.45. The zero-order valence-electron chi connectivity index (χ0n) is 10.9. The summed E-state index contributed by atoms with van der Waals surface area (Å²) in [7, 11) is 0. The lowest BCUT2D eigenvalue weighted by Gasteiger charge is -2.11. The van der Waals surface area contributed by atoms with Gasteiger partial charge in [-0.3, -0.25) is 4.79 Å². The van der Waals surface area contributed by atoms with Gasteiger partial charge in [-0.15, -0.1) is 0 Å². The summed E-state index contributed by atoms with van der Waals surface area (Å²) in [6.45, 7) is 0. The number of aromatic nitrogens is 2. The molecule has 0 fully saturated rings. The van der Waals surface area contributed by atoms with Crippen molar-refractivity contribution in [1.82, 2.24) is 0 Å². The zero-order chi connectivity index (χ0) is 14.8. The van der Waals surface area contributed by atoms with Gasteiger partial charge in [0.15, 0.2) is 6.29 Å². The zero-order valence-corrected chi connectivity index (χ0v) is 10.9. The molecule has 0 aliphatic heterocycles. The lowest BCUT2D eigenvalue weighted by atomic mass is 10.2. The first kappa shape index (κ1) is 12.9. The van der Waals surface area contributed by atoms with Crippen molar-refractivity contribution in [3.8, 4) is 0 Å². The van der Waals surface area contributed by atoms with Crippen LogP contribution in [0.4, 0.5) is 11.5 Å². The third-order valence-corrected chi connectivity index (χ3v) is 3.15. The van der Waals surface area contributed by atoms with Gasteiger partial charge in [0.05, 0.1) is 5.56 Å². The highest BCUT2D eigenvalue weighted by Crippen LogP contribution is 2.17. The molecule has 1 aromatic heterocycles. The number of hydrogen-bond acceptors (Lipinski definition) is 4. The number of anilines is 2. The Hall–Kier alpha value is -3.15. The van der Waals surface area contributed by atoms with Gasteiger partial charge in [-0.1, -0.05) is 24.3 Å². The van der Waals surface area contributed by atoms with Crippen molar-refractivity contribution in [3.05, 3.63) is 70.7 Å². The van der Waals surface area contributed by atoms with E-state index >= 15 is 0 Å². The van der Waals surface area contributed by atoms with Crippen LogP contribution in [0.5, 0.6) is 0 Å². The molecule has 6 heteroatoms. The van der Waals surface area contributed by atoms with E-state index in [2.05, 4.69) is 5.32 Å². The van der Waals surface area contributed by atoms with Crippen LogP contribution in [0.15, 0.2) is 54.7 Å². The van der Waals surface area contributed by atoms with E-state index in [9.17, 15) is 15.2 Å². The van der Waals surface area contributed by atoms with Crippen molar-refractivity contribution < 1.29 is 14.3 Å². The number of nitrogens with zero attached hydrogens (tertiary/aromatic N) is 2. The fourth-order valence-corrected chi connectivity index (χ4v) is 2.12. The van der Waals surface area contributed by atoms with Crippen molar-refractivity contribution in [1.29, 1.82) is 0 Å². The normalized spacial score (nSPS) is 10.5. The third kappa shape index (κ3) is 2.23. The Morgan fingerprint density at radius 1 is 0.952 bits per heavy atom. The molecule has 2 aromatic carbocycles. The number of rotatable bonds is 3. The van der Waals surface area contributed by atoms with Crippen LogP contribution in [-0.2, 0) is 0 Å². The van der Waals surface area contributed by atoms with Crippen LogP contribution in [0.1, 0.15) is 10.4 Å². The van der Waals surface area contributed by atoms with E-state index in [4.69, 9.17) is 0 Å². The third-order valence-electron chi connectivity index (χ3n) is 3.15. The van der Waals surface area contributed by atoms with Gasteiger partial charge in [0.25, 0.3) is 11.7 Å². The summed E-state index contributed by atoms with van der Waals surface area (Å²) < 4.78 is 1.25. The molecule has 0 spiro atoms. The highest BCUT2D eigenvalue weighted by atomic mass is 16.5. The Morgan fingerprint density at radius 3 is 2.38 bits per heavy atom. The molecule has 104 valence electrons. The minimum absolute atomic E-state index is 0.0537. The SMILES string of the molecule is O=Cc1ccccc1Nc1c[n+]([O-])c2ccccc2[n+]1[O-]. The number of carbonyl (C=O) groups is 1. The van der Waals surface area contributed by atoms with E-state index in [1.807, 2.05) is 0 Å². The molecule has 0 aliphatic rings. The second-order valence-electron chi connectivity index (χ2n) is 4.45. The number of hydrogen-bond donors (Lipinski definition) is 1. The lowest BCUT2D eigenvalue weighted by Crippen LogP contribution is -2.39. The molecule has 0 amide bonds. The fraction of sp³-hybridized carbons (Fsp3) is 0. The Balaban J connectivity index is 2.13. The molecule has 0 atom stereocenters. The maximum atomic E-state index is 12.3. The number of aldehydes is 1. The first-order chi connectivity index (χ1) is 10.2. The number of benzene rings is 2. The van der Waals surface area contributed by atoms with Gasteiger partial charge in [0, 0.05) is 6.07 Å². The number of carbonyl (C=O) groups excluding carboxylic acids is 1. The summed E-state index contributed by atoms with van der Waals surface area (Å²) in [4.78, 5) is 11.0. The standard InChI is InChI=1S/C15H11N3O3/c19-10-11-5-1-2-6-12(11)16-15-9-17(20)13-7-3-4-8-14(13)18(15)21/h1-10,16H. The first-order valence-electron chi connectivity index (χ1n) is 6.26. The van der Waals surface area contributed by atoms with Gasteiger partial charge in [0.2, 0.25) is 5.52 Å². The van der Waals surface area contributed by atoms with Gasteiger partial charge in [0.1, 0.15) is 5.69 Å². The number of nitrogens with one attached hydrogen (secondary N) is 1. The molecular formula is C15H11N3O3. The minimum atomic E-state index is 0.0537. The fourth-order valence-electron chi connectivity index (χ4n) is 2.12. The molecule has 0 bridgehead atoms. The van der Waals surface area contributed by atoms with Gasteiger partial charge in [-0.2, -0.15) is 4.73 Å². The monoisotopic (exact) mass is 281 g/mol. The molecule has 1 heterocycles. The van der Waals surface area contributed by atoms with Gasteiger partial charge < -0.3 is 10.4 Å². The molecule has 3 rings (SSSR count). The second kappa shape index (κ2) is 5.09. The predicted octanol–water partition coefficient (Wildman–Crippen LogP) is 1.66. The van der Waals surface area contributed by atoms with Gasteiger partial charge in [-0.05, 0) is 18.2 Å². The minimum Gasteiger partial charge on any atom is -0.710 e. The van der Waals surface area contributed by atoms with Crippen LogP contribution in [0, 0.1) is 10.4 Å². The summed E-state index contributed by atoms with van der Waals surface area (Å²) >= 11 is 0. The molecule has 3 aromatic rings. The molecule has 1 N–H and O–H groups in total. The summed E-state index contributed by atoms with van der Waals surface area (Å²) in [6, 6.07) is 13.2. The van der Waals surface area contributed by atoms with E-state index < -0.39 is 0 Å². The summed E-state index contributed by atoms with van der Waals surface area (Å²) in [5.74, 6) is 0.0537. The molecule has 0 saturated heterocycles. The molecule has 0 radical (unpaired) electrons. The van der Waals surface area contributed by atoms with Crippen LogP contribution >= 0.6 is 0 Å². The van der Waals surface area contributed by atoms with Crippen LogP contribution in [0.2, 0.25) is 0 Å². The molecule has 6 nitrogen and oxygen atoms in total. The maximum absolute atomic E-state index is 12.3. The summed E-state index contributed by atoms with van der Waals surface area (Å²) in [5, 5.41) is 27.1. The average Bonchev–Trinajstić information content (AvgIpc) is 2.53. The number of fused-ring (bicyclic) bond motifs is 1. The average molecular weight is 281 g/mol. The molecule has 21 heavy (non-hydrogen) atoms. The van der Waals surface area contributed by atoms with Crippen molar-refractivity contribution >= 4 is 28.8 Å². The smallest absolute Gasteiger partial charge is 0.349 e. The Bertz CT molecular complexity index is 834. The van der Waals surface area contributed by atoms with Crippen LogP contribution in [-0.4, -0.2) is 6.29 Å². The first-order valence-corrected chi connectivity index (χ1v) is 6.26. The van der Waals surface area contributed by atoms with E-state index in [0.717, 1.165) is 6.20 Å². The van der Waals surface area contributed by atoms with Crippen molar-refractivity contribution in [2.45, 2.75) is 0 Å². The summed E-state index contributed by atoms with van der Waals surface area (Å²) in [6.07, 6.45) is 1.83. The molecule has 0 unspecified atom stereocenters. The highest BCUT2D eigenvalue weighted by molar-refractivity contribution is 5.85. The van der Waals surface area contributed by atoms with Crippen LogP contribution < -0.4 is 14.8 Å². The topological polar surface area (TPSA) is 83.0 Å². The van der Waals surface area contributed by atoms with E-state index in [-0.39, 0.29) is 16.9 Å². The van der Waals surface area contributed by atoms with Crippen molar-refractivity contribution in [3.63, 3.8) is 0 Å². The highest BCUT2D eigenvalue weighted by Gasteiger charge is 2.17. The van der Waals surface area contributed by atoms with Crippen LogP contribution in [0.25, 0.3) is 11.0 Å². The molecule has 0 aliphatic carbocycles. The van der Waals surface area contributed by atoms with Gasteiger partial charge in [-0.25, -0.2) is 10.0 Å². The van der Waals surface area contributed by atoms with E-state index in [1.54, 1.807) is 48.5 Å². The molecule has 0 saturated carbocycles. The number of para-hydroxylation sites is 3. The summed E-state index contributed by atoms with van der Waals surface area (Å²) in [5.41, 5.74) is 1.40. The Labute approximate surface area is 120 Å². The maximum Gasteiger partial charge on any atom is 0.349 e. The van der Waals surface area contributed by atoms with Gasteiger partial charge >= 0.3 is 5.82 Å². The molecular weight excluding hydrogens is 270 g/mol. The van der Waals surface area contributed by atoms with E-state index in [0.29, 0.717) is 27.0 Å². The van der Waals surface area contributed by atoms with Crippen LogP contribution in [0.3, 0.4) is 0 Å². The quantitative estimate of drug-likeness (QED) is 0.449. The Kier molecular flexibility index (Phi) is 3.12.